The topological polar surface area (TPSA) is 55.1 Å². The molecule has 0 aliphatic heterocycles. The Morgan fingerprint density at radius 1 is 1.73 bits per heavy atom. The van der Waals surface area contributed by atoms with Gasteiger partial charge < -0.3 is 11.1 Å². The Bertz CT molecular complexity index is 143. The van der Waals surface area contributed by atoms with Crippen molar-refractivity contribution in [3.63, 3.8) is 0 Å². The summed E-state index contributed by atoms with van der Waals surface area (Å²) >= 11 is 0. The van der Waals surface area contributed by atoms with Gasteiger partial charge in [-0.25, -0.2) is 0 Å². The second kappa shape index (κ2) is 4.91. The van der Waals surface area contributed by atoms with Crippen molar-refractivity contribution in [3.05, 3.63) is 12.7 Å². The largest absolute Gasteiger partial charge is 0.350 e. The third-order valence-electron chi connectivity index (χ3n) is 1.25. The molecule has 0 bridgehead atoms. The lowest BCUT2D eigenvalue weighted by atomic mass is 10.2. The summed E-state index contributed by atoms with van der Waals surface area (Å²) in [7, 11) is 0. The van der Waals surface area contributed by atoms with Gasteiger partial charge in [0.15, 0.2) is 0 Å². The lowest BCUT2D eigenvalue weighted by molar-refractivity contribution is -0.121. The number of rotatable bonds is 4. The first-order valence-corrected chi connectivity index (χ1v) is 3.73. The van der Waals surface area contributed by atoms with Crippen LogP contribution in [0.1, 0.15) is 20.3 Å². The van der Waals surface area contributed by atoms with Crippen LogP contribution in [0.15, 0.2) is 12.7 Å². The van der Waals surface area contributed by atoms with E-state index in [1.807, 2.05) is 6.92 Å². The molecule has 3 N–H and O–H groups in total. The molecule has 1 amide bonds. The van der Waals surface area contributed by atoms with Crippen molar-refractivity contribution in [2.75, 3.05) is 0 Å². The number of nitrogens with one attached hydrogen (secondary N) is 1. The Morgan fingerprint density at radius 3 is 2.64 bits per heavy atom. The summed E-state index contributed by atoms with van der Waals surface area (Å²) in [6.45, 7) is 7.22. The molecule has 0 saturated carbocycles. The van der Waals surface area contributed by atoms with Crippen LogP contribution in [-0.4, -0.2) is 18.0 Å². The number of hydrogen-bond acceptors (Lipinski definition) is 2. The van der Waals surface area contributed by atoms with E-state index in [-0.39, 0.29) is 18.0 Å². The molecule has 0 spiro atoms. The van der Waals surface area contributed by atoms with E-state index in [1.165, 1.54) is 0 Å². The summed E-state index contributed by atoms with van der Waals surface area (Å²) in [6.07, 6.45) is 2.05. The Morgan fingerprint density at radius 2 is 2.27 bits per heavy atom. The maximum atomic E-state index is 11.0. The van der Waals surface area contributed by atoms with Gasteiger partial charge in [0, 0.05) is 18.5 Å². The van der Waals surface area contributed by atoms with Crippen molar-refractivity contribution in [3.8, 4) is 0 Å². The first-order valence-electron chi connectivity index (χ1n) is 3.73. The highest BCUT2D eigenvalue weighted by molar-refractivity contribution is 5.76. The van der Waals surface area contributed by atoms with E-state index < -0.39 is 0 Å². The van der Waals surface area contributed by atoms with Gasteiger partial charge in [-0.1, -0.05) is 6.08 Å². The third-order valence-corrected chi connectivity index (χ3v) is 1.25. The second-order valence-electron chi connectivity index (χ2n) is 2.77. The van der Waals surface area contributed by atoms with Crippen molar-refractivity contribution < 1.29 is 4.79 Å². The van der Waals surface area contributed by atoms with Crippen LogP contribution in [0.5, 0.6) is 0 Å². The van der Waals surface area contributed by atoms with Crippen molar-refractivity contribution in [2.24, 2.45) is 5.73 Å². The Labute approximate surface area is 67.7 Å². The monoisotopic (exact) mass is 156 g/mol. The number of carbonyl (C=O) groups excluding carboxylic acids is 1. The number of hydrogen-bond donors (Lipinski definition) is 2. The molecule has 0 saturated heterocycles. The predicted molar refractivity (Wildman–Crippen MR) is 46.1 cm³/mol. The van der Waals surface area contributed by atoms with Gasteiger partial charge in [0.1, 0.15) is 0 Å². The molecule has 0 radical (unpaired) electrons. The van der Waals surface area contributed by atoms with E-state index in [9.17, 15) is 4.79 Å². The maximum absolute atomic E-state index is 11.0. The molecule has 64 valence electrons. The molecule has 0 aliphatic rings. The highest BCUT2D eigenvalue weighted by Gasteiger charge is 2.05. The number of nitrogens with two attached hydrogens (primary N) is 1. The molecule has 0 aromatic rings. The number of amides is 1. The van der Waals surface area contributed by atoms with Gasteiger partial charge in [0.2, 0.25) is 5.91 Å². The van der Waals surface area contributed by atoms with Crippen LogP contribution in [-0.2, 0) is 4.79 Å². The fourth-order valence-corrected chi connectivity index (χ4v) is 0.664. The fourth-order valence-electron chi connectivity index (χ4n) is 0.664. The van der Waals surface area contributed by atoms with Crippen LogP contribution in [0.25, 0.3) is 0 Å². The summed E-state index contributed by atoms with van der Waals surface area (Å²) in [4.78, 5) is 11.0. The molecule has 2 unspecified atom stereocenters. The highest BCUT2D eigenvalue weighted by atomic mass is 16.1. The predicted octanol–water partition coefficient (Wildman–Crippen LogP) is 0.414. The summed E-state index contributed by atoms with van der Waals surface area (Å²) in [5, 5.41) is 2.72. The Kier molecular flexibility index (Phi) is 4.54. The molecular formula is C8H16N2O. The zero-order chi connectivity index (χ0) is 8.85. The smallest absolute Gasteiger partial charge is 0.221 e. The molecule has 0 fully saturated rings. The molecule has 11 heavy (non-hydrogen) atoms. The van der Waals surface area contributed by atoms with E-state index in [0.717, 1.165) is 0 Å². The molecular weight excluding hydrogens is 140 g/mol. The zero-order valence-electron chi connectivity index (χ0n) is 7.13. The molecule has 0 heterocycles. The zero-order valence-corrected chi connectivity index (χ0v) is 7.13. The van der Waals surface area contributed by atoms with Gasteiger partial charge in [-0.3, -0.25) is 4.79 Å². The average Bonchev–Trinajstić information content (AvgIpc) is 1.85. The molecule has 3 heteroatoms. The van der Waals surface area contributed by atoms with Crippen molar-refractivity contribution in [2.45, 2.75) is 32.4 Å². The molecule has 0 aromatic heterocycles. The minimum atomic E-state index is -0.0768. The van der Waals surface area contributed by atoms with E-state index in [1.54, 1.807) is 13.0 Å². The molecule has 0 aliphatic carbocycles. The van der Waals surface area contributed by atoms with E-state index in [2.05, 4.69) is 11.9 Å². The summed E-state index contributed by atoms with van der Waals surface area (Å²) in [5.41, 5.74) is 5.42. The van der Waals surface area contributed by atoms with E-state index >= 15 is 0 Å². The van der Waals surface area contributed by atoms with Crippen LogP contribution < -0.4 is 11.1 Å². The summed E-state index contributed by atoms with van der Waals surface area (Å²) in [5.74, 6) is -0.0209. The van der Waals surface area contributed by atoms with Crippen molar-refractivity contribution in [1.82, 2.24) is 5.32 Å². The lowest BCUT2D eigenvalue weighted by Crippen LogP contribution is -2.34. The van der Waals surface area contributed by atoms with Gasteiger partial charge in [-0.05, 0) is 13.8 Å². The summed E-state index contributed by atoms with van der Waals surface area (Å²) < 4.78 is 0. The van der Waals surface area contributed by atoms with Crippen LogP contribution >= 0.6 is 0 Å². The van der Waals surface area contributed by atoms with Crippen LogP contribution in [0.4, 0.5) is 0 Å². The SMILES string of the molecule is C=CC(C)NC(=O)CC(C)N. The third kappa shape index (κ3) is 5.61. The van der Waals surface area contributed by atoms with Gasteiger partial charge in [0.05, 0.1) is 0 Å². The second-order valence-corrected chi connectivity index (χ2v) is 2.77. The minimum absolute atomic E-state index is 0.0209. The standard InChI is InChI=1S/C8H16N2O/c1-4-7(3)10-8(11)5-6(2)9/h4,6-7H,1,5,9H2,2-3H3,(H,10,11). The fraction of sp³-hybridized carbons (Fsp3) is 0.625. The van der Waals surface area contributed by atoms with Crippen LogP contribution in [0.3, 0.4) is 0 Å². The highest BCUT2D eigenvalue weighted by Crippen LogP contribution is 1.88. The molecule has 0 rings (SSSR count). The molecule has 0 aromatic carbocycles. The number of carbonyl (C=O) groups is 1. The first kappa shape index (κ1) is 10.2. The molecule has 2 atom stereocenters. The van der Waals surface area contributed by atoms with Crippen molar-refractivity contribution in [1.29, 1.82) is 0 Å². The summed E-state index contributed by atoms with van der Waals surface area (Å²) in [6, 6.07) is -0.0479. The quantitative estimate of drug-likeness (QED) is 0.579. The van der Waals surface area contributed by atoms with Gasteiger partial charge in [0.25, 0.3) is 0 Å². The molecule has 3 nitrogen and oxygen atoms in total. The minimum Gasteiger partial charge on any atom is -0.350 e. The van der Waals surface area contributed by atoms with Gasteiger partial charge >= 0.3 is 0 Å². The maximum Gasteiger partial charge on any atom is 0.221 e. The lowest BCUT2D eigenvalue weighted by Gasteiger charge is -2.10. The average molecular weight is 156 g/mol. The Balaban J connectivity index is 3.60. The first-order chi connectivity index (χ1) is 5.06. The van der Waals surface area contributed by atoms with E-state index in [4.69, 9.17) is 5.73 Å². The van der Waals surface area contributed by atoms with Crippen LogP contribution in [0.2, 0.25) is 0 Å². The van der Waals surface area contributed by atoms with Crippen molar-refractivity contribution >= 4 is 5.91 Å². The van der Waals surface area contributed by atoms with Gasteiger partial charge in [-0.15, -0.1) is 6.58 Å². The van der Waals surface area contributed by atoms with Gasteiger partial charge in [-0.2, -0.15) is 0 Å². The Hall–Kier alpha value is -0.830. The van der Waals surface area contributed by atoms with E-state index in [0.29, 0.717) is 6.42 Å². The normalized spacial score (nSPS) is 15.2. The van der Waals surface area contributed by atoms with Crippen LogP contribution in [0, 0.1) is 0 Å².